The van der Waals surface area contributed by atoms with E-state index in [1.807, 2.05) is 23.7 Å². The molecule has 98 valence electrons. The number of hydrogen-bond donors (Lipinski definition) is 2. The molecule has 0 bridgehead atoms. The Morgan fingerprint density at radius 3 is 3.00 bits per heavy atom. The molecular formula is C12H13N5OS. The average molecular weight is 275 g/mol. The summed E-state index contributed by atoms with van der Waals surface area (Å²) in [6.45, 7) is 0. The van der Waals surface area contributed by atoms with Crippen molar-refractivity contribution < 1.29 is 4.79 Å². The standard InChI is InChI=1S/C12H13N5OS/c1-17-6-14-16-12(17)19-10-5-9-7(4-8(10)13)2-3-11(18)15-9/h4-6H,2-3,13H2,1H3,(H,15,18). The largest absolute Gasteiger partial charge is 0.398 e. The molecule has 1 aromatic carbocycles. The van der Waals surface area contributed by atoms with E-state index in [0.29, 0.717) is 12.1 Å². The number of nitrogens with two attached hydrogens (primary N) is 1. The van der Waals surface area contributed by atoms with Crippen LogP contribution in [0.5, 0.6) is 0 Å². The van der Waals surface area contributed by atoms with Gasteiger partial charge in [0.25, 0.3) is 0 Å². The third-order valence-electron chi connectivity index (χ3n) is 3.00. The van der Waals surface area contributed by atoms with Crippen molar-refractivity contribution in [1.82, 2.24) is 14.8 Å². The number of amides is 1. The maximum atomic E-state index is 11.4. The molecule has 2 aromatic rings. The van der Waals surface area contributed by atoms with Crippen LogP contribution in [0, 0.1) is 0 Å². The van der Waals surface area contributed by atoms with Crippen molar-refractivity contribution in [3.63, 3.8) is 0 Å². The van der Waals surface area contributed by atoms with E-state index < -0.39 is 0 Å². The molecule has 1 amide bonds. The lowest BCUT2D eigenvalue weighted by Gasteiger charge is -2.18. The molecule has 1 aliphatic heterocycles. The molecule has 0 unspecified atom stereocenters. The van der Waals surface area contributed by atoms with Gasteiger partial charge < -0.3 is 15.6 Å². The first-order valence-corrected chi connectivity index (χ1v) is 6.69. The normalized spacial score (nSPS) is 14.1. The fourth-order valence-corrected chi connectivity index (χ4v) is 2.81. The number of nitrogen functional groups attached to an aromatic ring is 1. The quantitative estimate of drug-likeness (QED) is 0.810. The maximum absolute atomic E-state index is 11.4. The average Bonchev–Trinajstić information content (AvgIpc) is 2.77. The number of hydrogen-bond acceptors (Lipinski definition) is 5. The number of nitrogens with one attached hydrogen (secondary N) is 1. The van der Waals surface area contributed by atoms with E-state index in [9.17, 15) is 4.79 Å². The highest BCUT2D eigenvalue weighted by molar-refractivity contribution is 7.99. The molecule has 3 N–H and O–H groups in total. The second-order valence-corrected chi connectivity index (χ2v) is 5.43. The first-order valence-electron chi connectivity index (χ1n) is 5.87. The molecule has 7 heteroatoms. The molecule has 0 saturated carbocycles. The van der Waals surface area contributed by atoms with Gasteiger partial charge in [0.2, 0.25) is 5.91 Å². The van der Waals surface area contributed by atoms with Gasteiger partial charge in [0.15, 0.2) is 5.16 Å². The Labute approximate surface area is 114 Å². The lowest BCUT2D eigenvalue weighted by molar-refractivity contribution is -0.116. The van der Waals surface area contributed by atoms with Crippen LogP contribution in [0.4, 0.5) is 11.4 Å². The number of benzene rings is 1. The molecule has 0 aliphatic carbocycles. The second-order valence-electron chi connectivity index (χ2n) is 4.42. The summed E-state index contributed by atoms with van der Waals surface area (Å²) in [4.78, 5) is 12.3. The first-order chi connectivity index (χ1) is 9.13. The summed E-state index contributed by atoms with van der Waals surface area (Å²) in [7, 11) is 1.87. The number of rotatable bonds is 2. The van der Waals surface area contributed by atoms with Crippen LogP contribution in [0.25, 0.3) is 0 Å². The Bertz CT molecular complexity index is 652. The van der Waals surface area contributed by atoms with Gasteiger partial charge in [-0.3, -0.25) is 4.79 Å². The minimum absolute atomic E-state index is 0.0480. The third kappa shape index (κ3) is 2.28. The molecule has 1 aromatic heterocycles. The SMILES string of the molecule is Cn1cnnc1Sc1cc2c(cc1N)CCC(=O)N2. The number of carbonyl (C=O) groups excluding carboxylic acids is 1. The lowest BCUT2D eigenvalue weighted by Crippen LogP contribution is -2.19. The fraction of sp³-hybridized carbons (Fsp3) is 0.250. The number of aryl methyl sites for hydroxylation is 2. The van der Waals surface area contributed by atoms with Crippen molar-refractivity contribution in [2.24, 2.45) is 7.05 Å². The molecule has 6 nitrogen and oxygen atoms in total. The zero-order valence-corrected chi connectivity index (χ0v) is 11.2. The van der Waals surface area contributed by atoms with Crippen LogP contribution < -0.4 is 11.1 Å². The highest BCUT2D eigenvalue weighted by atomic mass is 32.2. The van der Waals surface area contributed by atoms with Gasteiger partial charge in [-0.25, -0.2) is 0 Å². The van der Waals surface area contributed by atoms with E-state index in [1.165, 1.54) is 11.8 Å². The highest BCUT2D eigenvalue weighted by Crippen LogP contribution is 2.36. The molecule has 19 heavy (non-hydrogen) atoms. The van der Waals surface area contributed by atoms with Crippen LogP contribution >= 0.6 is 11.8 Å². The highest BCUT2D eigenvalue weighted by Gasteiger charge is 2.17. The predicted molar refractivity (Wildman–Crippen MR) is 72.9 cm³/mol. The lowest BCUT2D eigenvalue weighted by atomic mass is 10.0. The Kier molecular flexibility index (Phi) is 2.90. The fourth-order valence-electron chi connectivity index (χ4n) is 1.98. The van der Waals surface area contributed by atoms with Gasteiger partial charge in [-0.05, 0) is 35.9 Å². The zero-order valence-electron chi connectivity index (χ0n) is 10.4. The van der Waals surface area contributed by atoms with Crippen LogP contribution in [-0.4, -0.2) is 20.7 Å². The Balaban J connectivity index is 1.96. The van der Waals surface area contributed by atoms with Crippen molar-refractivity contribution >= 4 is 29.0 Å². The molecule has 3 rings (SSSR count). The van der Waals surface area contributed by atoms with Crippen molar-refractivity contribution in [2.45, 2.75) is 22.9 Å². The number of nitrogens with zero attached hydrogens (tertiary/aromatic N) is 3. The minimum atomic E-state index is 0.0480. The molecule has 0 saturated heterocycles. The Morgan fingerprint density at radius 2 is 2.26 bits per heavy atom. The van der Waals surface area contributed by atoms with Gasteiger partial charge in [0, 0.05) is 29.7 Å². The van der Waals surface area contributed by atoms with E-state index in [4.69, 9.17) is 5.73 Å². The summed E-state index contributed by atoms with van der Waals surface area (Å²) in [6.07, 6.45) is 2.89. The van der Waals surface area contributed by atoms with E-state index in [0.717, 1.165) is 27.7 Å². The predicted octanol–water partition coefficient (Wildman–Crippen LogP) is 1.43. The smallest absolute Gasteiger partial charge is 0.224 e. The summed E-state index contributed by atoms with van der Waals surface area (Å²) >= 11 is 1.43. The topological polar surface area (TPSA) is 85.8 Å². The van der Waals surface area contributed by atoms with Crippen molar-refractivity contribution in [2.75, 3.05) is 11.1 Å². The van der Waals surface area contributed by atoms with Crippen LogP contribution in [0.1, 0.15) is 12.0 Å². The third-order valence-corrected chi connectivity index (χ3v) is 4.13. The molecular weight excluding hydrogens is 262 g/mol. The van der Waals surface area contributed by atoms with Crippen molar-refractivity contribution in [3.05, 3.63) is 24.0 Å². The zero-order chi connectivity index (χ0) is 13.4. The number of aromatic nitrogens is 3. The maximum Gasteiger partial charge on any atom is 0.224 e. The Morgan fingerprint density at radius 1 is 1.42 bits per heavy atom. The summed E-state index contributed by atoms with van der Waals surface area (Å²) in [5.41, 5.74) is 8.68. The van der Waals surface area contributed by atoms with Gasteiger partial charge in [-0.1, -0.05) is 0 Å². The molecule has 1 aliphatic rings. The van der Waals surface area contributed by atoms with Gasteiger partial charge in [-0.15, -0.1) is 10.2 Å². The summed E-state index contributed by atoms with van der Waals surface area (Å²) < 4.78 is 1.82. The molecule has 0 fully saturated rings. The first kappa shape index (κ1) is 12.0. The van der Waals surface area contributed by atoms with E-state index in [2.05, 4.69) is 15.5 Å². The van der Waals surface area contributed by atoms with Crippen molar-refractivity contribution in [3.8, 4) is 0 Å². The van der Waals surface area contributed by atoms with Gasteiger partial charge in [-0.2, -0.15) is 0 Å². The number of carbonyl (C=O) groups is 1. The van der Waals surface area contributed by atoms with Crippen LogP contribution in [0.15, 0.2) is 28.5 Å². The molecule has 0 atom stereocenters. The Hall–Kier alpha value is -2.02. The second kappa shape index (κ2) is 4.58. The summed E-state index contributed by atoms with van der Waals surface area (Å²) in [6, 6.07) is 3.83. The number of fused-ring (bicyclic) bond motifs is 1. The number of anilines is 2. The van der Waals surface area contributed by atoms with E-state index in [-0.39, 0.29) is 5.91 Å². The molecule has 0 radical (unpaired) electrons. The van der Waals surface area contributed by atoms with Gasteiger partial charge >= 0.3 is 0 Å². The van der Waals surface area contributed by atoms with Gasteiger partial charge in [0.1, 0.15) is 6.33 Å². The van der Waals surface area contributed by atoms with Crippen LogP contribution in [-0.2, 0) is 18.3 Å². The van der Waals surface area contributed by atoms with Gasteiger partial charge in [0.05, 0.1) is 0 Å². The van der Waals surface area contributed by atoms with Crippen molar-refractivity contribution in [1.29, 1.82) is 0 Å². The monoisotopic (exact) mass is 275 g/mol. The summed E-state index contributed by atoms with van der Waals surface area (Å²) in [5, 5.41) is 11.5. The molecule has 2 heterocycles. The van der Waals surface area contributed by atoms with Crippen LogP contribution in [0.2, 0.25) is 0 Å². The van der Waals surface area contributed by atoms with Crippen LogP contribution in [0.3, 0.4) is 0 Å². The molecule has 0 spiro atoms. The van der Waals surface area contributed by atoms with E-state index >= 15 is 0 Å². The van der Waals surface area contributed by atoms with E-state index in [1.54, 1.807) is 6.33 Å². The summed E-state index contributed by atoms with van der Waals surface area (Å²) in [5.74, 6) is 0.0480. The minimum Gasteiger partial charge on any atom is -0.398 e.